The third kappa shape index (κ3) is 7.47. The van der Waals surface area contributed by atoms with Gasteiger partial charge < -0.3 is 4.89 Å². The first-order chi connectivity index (χ1) is 6.52. The number of phosphoric ester groups is 1. The van der Waals surface area contributed by atoms with Gasteiger partial charge in [0.1, 0.15) is 0 Å². The average Bonchev–Trinajstić information content (AvgIpc) is 2.11. The van der Waals surface area contributed by atoms with Crippen molar-refractivity contribution in [1.29, 1.82) is 0 Å². The van der Waals surface area contributed by atoms with Crippen molar-refractivity contribution < 1.29 is 23.5 Å². The molecular formula is C8H19O5P. The van der Waals surface area contributed by atoms with Crippen LogP contribution in [0.25, 0.3) is 0 Å². The smallest absolute Gasteiger partial charge is 0.301 e. The molecule has 14 heavy (non-hydrogen) atoms. The number of unbranched alkanes of at least 4 members (excludes halogenated alkanes) is 1. The van der Waals surface area contributed by atoms with E-state index in [0.29, 0.717) is 0 Å². The molecule has 0 heterocycles. The van der Waals surface area contributed by atoms with E-state index < -0.39 is 7.82 Å². The lowest BCUT2D eigenvalue weighted by molar-refractivity contribution is -0.256. The molecule has 0 aromatic rings. The van der Waals surface area contributed by atoms with Crippen molar-refractivity contribution in [2.75, 3.05) is 6.61 Å². The van der Waals surface area contributed by atoms with Crippen molar-refractivity contribution in [2.45, 2.75) is 46.1 Å². The van der Waals surface area contributed by atoms with Gasteiger partial charge in [0, 0.05) is 0 Å². The van der Waals surface area contributed by atoms with Gasteiger partial charge in [0.05, 0.1) is 12.7 Å². The van der Waals surface area contributed by atoms with Crippen molar-refractivity contribution in [3.05, 3.63) is 0 Å². The van der Waals surface area contributed by atoms with Gasteiger partial charge in [-0.3, -0.25) is 4.52 Å². The van der Waals surface area contributed by atoms with Crippen LogP contribution >= 0.6 is 7.82 Å². The summed E-state index contributed by atoms with van der Waals surface area (Å²) in [5.74, 6) is 0. The van der Waals surface area contributed by atoms with Crippen LogP contribution in [0.4, 0.5) is 0 Å². The summed E-state index contributed by atoms with van der Waals surface area (Å²) >= 11 is 0. The Morgan fingerprint density at radius 3 is 2.57 bits per heavy atom. The van der Waals surface area contributed by atoms with E-state index in [9.17, 15) is 4.57 Å². The lowest BCUT2D eigenvalue weighted by atomic mass is 10.2. The molecule has 0 saturated heterocycles. The minimum absolute atomic E-state index is 0.112. The van der Waals surface area contributed by atoms with Crippen LogP contribution in [0.3, 0.4) is 0 Å². The molecule has 0 aliphatic heterocycles. The zero-order valence-corrected chi connectivity index (χ0v) is 9.83. The van der Waals surface area contributed by atoms with Gasteiger partial charge >= 0.3 is 7.82 Å². The molecule has 6 heteroatoms. The van der Waals surface area contributed by atoms with Gasteiger partial charge in [-0.25, -0.2) is 9.45 Å². The molecule has 86 valence electrons. The summed E-state index contributed by atoms with van der Waals surface area (Å²) in [5, 5.41) is 0. The molecule has 0 aromatic carbocycles. The third-order valence-corrected chi connectivity index (χ3v) is 2.42. The van der Waals surface area contributed by atoms with Crippen LogP contribution in [-0.4, -0.2) is 17.6 Å². The van der Waals surface area contributed by atoms with Gasteiger partial charge in [0.15, 0.2) is 0 Å². The highest BCUT2D eigenvalue weighted by Gasteiger charge is 2.22. The third-order valence-electron chi connectivity index (χ3n) is 1.56. The topological polar surface area (TPSA) is 65.0 Å². The van der Waals surface area contributed by atoms with E-state index in [0.717, 1.165) is 19.3 Å². The first-order valence-electron chi connectivity index (χ1n) is 4.84. The minimum Gasteiger partial charge on any atom is -0.301 e. The molecule has 0 aliphatic rings. The van der Waals surface area contributed by atoms with E-state index >= 15 is 0 Å². The largest absolute Gasteiger partial charge is 0.499 e. The van der Waals surface area contributed by atoms with Gasteiger partial charge in [0.25, 0.3) is 0 Å². The van der Waals surface area contributed by atoms with Crippen LogP contribution in [0, 0.1) is 0 Å². The summed E-state index contributed by atoms with van der Waals surface area (Å²) in [5.41, 5.74) is 0. The molecule has 0 bridgehead atoms. The summed E-state index contributed by atoms with van der Waals surface area (Å²) in [7, 11) is -4.00. The summed E-state index contributed by atoms with van der Waals surface area (Å²) in [4.78, 5) is 13.7. The second-order valence-corrected chi connectivity index (χ2v) is 4.35. The van der Waals surface area contributed by atoms with Crippen molar-refractivity contribution >= 4 is 7.82 Å². The van der Waals surface area contributed by atoms with Gasteiger partial charge in [0.2, 0.25) is 0 Å². The second kappa shape index (κ2) is 7.37. The lowest BCUT2D eigenvalue weighted by Crippen LogP contribution is -2.08. The fourth-order valence-electron chi connectivity index (χ4n) is 0.852. The summed E-state index contributed by atoms with van der Waals surface area (Å²) < 4.78 is 19.7. The zero-order chi connectivity index (χ0) is 11.0. The Hall–Kier alpha value is 0.0700. The Balaban J connectivity index is 3.64. The van der Waals surface area contributed by atoms with Crippen LogP contribution in [0.2, 0.25) is 0 Å². The molecule has 0 saturated carbocycles. The molecule has 0 rings (SSSR count). The van der Waals surface area contributed by atoms with Gasteiger partial charge in [-0.2, -0.15) is 0 Å². The molecule has 5 nitrogen and oxygen atoms in total. The molecule has 0 aliphatic carbocycles. The first-order valence-corrected chi connectivity index (χ1v) is 6.33. The van der Waals surface area contributed by atoms with Crippen molar-refractivity contribution in [3.8, 4) is 0 Å². The SMILES string of the molecule is CCCCC(C)OOP(=O)(O)OCC. The van der Waals surface area contributed by atoms with Crippen LogP contribution in [0.5, 0.6) is 0 Å². The molecule has 1 N–H and O–H groups in total. The average molecular weight is 226 g/mol. The highest BCUT2D eigenvalue weighted by atomic mass is 31.2. The van der Waals surface area contributed by atoms with E-state index in [1.807, 2.05) is 0 Å². The number of rotatable bonds is 8. The molecule has 0 spiro atoms. The van der Waals surface area contributed by atoms with Gasteiger partial charge in [-0.15, -0.1) is 4.67 Å². The molecule has 0 radical (unpaired) electrons. The van der Waals surface area contributed by atoms with Gasteiger partial charge in [-0.1, -0.05) is 19.8 Å². The van der Waals surface area contributed by atoms with Crippen LogP contribution in [0.1, 0.15) is 40.0 Å². The Kier molecular flexibility index (Phi) is 7.41. The molecule has 0 amide bonds. The summed E-state index contributed by atoms with van der Waals surface area (Å²) in [6.45, 7) is 5.56. The molecule has 0 aromatic heterocycles. The van der Waals surface area contributed by atoms with E-state index in [-0.39, 0.29) is 12.7 Å². The van der Waals surface area contributed by atoms with Crippen LogP contribution in [-0.2, 0) is 18.7 Å². The van der Waals surface area contributed by atoms with E-state index in [4.69, 9.17) is 9.78 Å². The Morgan fingerprint density at radius 1 is 1.43 bits per heavy atom. The minimum atomic E-state index is -4.00. The van der Waals surface area contributed by atoms with Gasteiger partial charge in [-0.05, 0) is 20.3 Å². The predicted molar refractivity (Wildman–Crippen MR) is 52.6 cm³/mol. The highest BCUT2D eigenvalue weighted by Crippen LogP contribution is 2.43. The monoisotopic (exact) mass is 226 g/mol. The fraction of sp³-hybridized carbons (Fsp3) is 1.00. The zero-order valence-electron chi connectivity index (χ0n) is 8.93. The Morgan fingerprint density at radius 2 is 2.07 bits per heavy atom. The maximum atomic E-state index is 11.0. The quantitative estimate of drug-likeness (QED) is 0.391. The highest BCUT2D eigenvalue weighted by molar-refractivity contribution is 7.47. The standard InChI is InChI=1S/C8H19O5P/c1-4-6-7-8(3)12-13-14(9,10)11-5-2/h8H,4-7H2,1-3H3,(H,9,10). The Labute approximate surface area is 84.9 Å². The number of phosphoric acid groups is 1. The van der Waals surface area contributed by atoms with Crippen molar-refractivity contribution in [2.24, 2.45) is 0 Å². The van der Waals surface area contributed by atoms with Crippen LogP contribution < -0.4 is 0 Å². The fourth-order valence-corrected chi connectivity index (χ4v) is 1.48. The van der Waals surface area contributed by atoms with Crippen molar-refractivity contribution in [1.82, 2.24) is 0 Å². The Bertz CT molecular complexity index is 185. The molecule has 0 fully saturated rings. The number of hydrogen-bond donors (Lipinski definition) is 1. The lowest BCUT2D eigenvalue weighted by Gasteiger charge is -2.13. The molecular weight excluding hydrogens is 207 g/mol. The van der Waals surface area contributed by atoms with Crippen LogP contribution in [0.15, 0.2) is 0 Å². The summed E-state index contributed by atoms with van der Waals surface area (Å²) in [6, 6.07) is 0. The van der Waals surface area contributed by atoms with Crippen molar-refractivity contribution in [3.63, 3.8) is 0 Å². The maximum Gasteiger partial charge on any atom is 0.499 e. The van der Waals surface area contributed by atoms with E-state index in [2.05, 4.69) is 16.1 Å². The number of hydrogen-bond acceptors (Lipinski definition) is 4. The summed E-state index contributed by atoms with van der Waals surface area (Å²) in [6.07, 6.45) is 2.64. The second-order valence-electron chi connectivity index (χ2n) is 3.01. The normalized spacial score (nSPS) is 17.7. The molecule has 2 atom stereocenters. The first kappa shape index (κ1) is 14.1. The van der Waals surface area contributed by atoms with E-state index in [1.54, 1.807) is 13.8 Å². The van der Waals surface area contributed by atoms with E-state index in [1.165, 1.54) is 0 Å². The predicted octanol–water partition coefficient (Wildman–Crippen LogP) is 2.65. The molecule has 2 unspecified atom stereocenters. The maximum absolute atomic E-state index is 11.0.